The highest BCUT2D eigenvalue weighted by Crippen LogP contribution is 2.33. The molecule has 1 unspecified atom stereocenters. The fraction of sp³-hybridized carbons (Fsp3) is 0.625. The number of benzene rings is 1. The molecule has 0 spiro atoms. The van der Waals surface area contributed by atoms with E-state index in [1.54, 1.807) is 12.1 Å². The number of halogens is 1. The first kappa shape index (κ1) is 13.1. The second kappa shape index (κ2) is 5.59. The van der Waals surface area contributed by atoms with Crippen molar-refractivity contribution < 1.29 is 4.39 Å². The summed E-state index contributed by atoms with van der Waals surface area (Å²) in [7, 11) is 0. The summed E-state index contributed by atoms with van der Waals surface area (Å²) in [4.78, 5) is 2.58. The summed E-state index contributed by atoms with van der Waals surface area (Å²) in [5.41, 5.74) is 1.25. The minimum absolute atomic E-state index is 0.143. The molecule has 2 fully saturated rings. The van der Waals surface area contributed by atoms with Crippen molar-refractivity contribution in [3.63, 3.8) is 0 Å². The number of nitrogens with one attached hydrogen (secondary N) is 1. The number of nitrogens with zero attached hydrogens (tertiary/aromatic N) is 1. The van der Waals surface area contributed by atoms with Crippen LogP contribution in [0.15, 0.2) is 24.3 Å². The first-order chi connectivity index (χ1) is 9.28. The molecular weight excluding hydrogens is 239 g/mol. The highest BCUT2D eigenvalue weighted by molar-refractivity contribution is 5.20. The van der Waals surface area contributed by atoms with Crippen molar-refractivity contribution >= 4 is 0 Å². The largest absolute Gasteiger partial charge is 0.312 e. The Kier molecular flexibility index (Phi) is 3.85. The van der Waals surface area contributed by atoms with Crippen LogP contribution in [0.5, 0.6) is 0 Å². The summed E-state index contributed by atoms with van der Waals surface area (Å²) in [6.07, 6.45) is 3.75. The van der Waals surface area contributed by atoms with Gasteiger partial charge < -0.3 is 5.32 Å². The Bertz CT molecular complexity index is 403. The molecule has 104 valence electrons. The van der Waals surface area contributed by atoms with Crippen LogP contribution >= 0.6 is 0 Å². The maximum Gasteiger partial charge on any atom is 0.123 e. The van der Waals surface area contributed by atoms with Gasteiger partial charge in [-0.3, -0.25) is 4.90 Å². The molecule has 2 aliphatic heterocycles. The second-order valence-corrected chi connectivity index (χ2v) is 5.89. The van der Waals surface area contributed by atoms with Crippen molar-refractivity contribution in [2.24, 2.45) is 5.92 Å². The maximum absolute atomic E-state index is 13.0. The van der Waals surface area contributed by atoms with Crippen molar-refractivity contribution in [3.8, 4) is 0 Å². The average Bonchev–Trinajstić information content (AvgIpc) is 2.85. The molecule has 0 amide bonds. The van der Waals surface area contributed by atoms with Crippen molar-refractivity contribution in [1.82, 2.24) is 10.2 Å². The van der Waals surface area contributed by atoms with Crippen LogP contribution in [0.1, 0.15) is 37.8 Å². The molecule has 19 heavy (non-hydrogen) atoms. The van der Waals surface area contributed by atoms with E-state index in [9.17, 15) is 4.39 Å². The van der Waals surface area contributed by atoms with Gasteiger partial charge in [0.15, 0.2) is 0 Å². The molecule has 1 aromatic rings. The molecule has 3 heteroatoms. The van der Waals surface area contributed by atoms with Crippen LogP contribution in [0.3, 0.4) is 0 Å². The number of hydrogen-bond donors (Lipinski definition) is 1. The van der Waals surface area contributed by atoms with Crippen molar-refractivity contribution in [2.45, 2.75) is 38.3 Å². The lowest BCUT2D eigenvalue weighted by atomic mass is 9.94. The molecule has 1 N–H and O–H groups in total. The van der Waals surface area contributed by atoms with Crippen LogP contribution in [0.2, 0.25) is 0 Å². The molecule has 0 aliphatic carbocycles. The Morgan fingerprint density at radius 2 is 2.11 bits per heavy atom. The topological polar surface area (TPSA) is 15.3 Å². The highest BCUT2D eigenvalue weighted by Gasteiger charge is 2.36. The van der Waals surface area contributed by atoms with Crippen LogP contribution in [0, 0.1) is 11.7 Å². The fourth-order valence-corrected chi connectivity index (χ4v) is 3.72. The third-order valence-electron chi connectivity index (χ3n) is 4.71. The summed E-state index contributed by atoms with van der Waals surface area (Å²) < 4.78 is 13.0. The first-order valence-electron chi connectivity index (χ1n) is 7.51. The van der Waals surface area contributed by atoms with E-state index in [0.717, 1.165) is 18.9 Å². The lowest BCUT2D eigenvalue weighted by Crippen LogP contribution is -2.40. The van der Waals surface area contributed by atoms with Crippen LogP contribution in [0.4, 0.5) is 4.39 Å². The lowest BCUT2D eigenvalue weighted by Gasteiger charge is -2.27. The van der Waals surface area contributed by atoms with E-state index in [-0.39, 0.29) is 5.82 Å². The minimum atomic E-state index is -0.143. The Morgan fingerprint density at radius 3 is 2.79 bits per heavy atom. The van der Waals surface area contributed by atoms with Crippen molar-refractivity contribution in [2.75, 3.05) is 19.6 Å². The van der Waals surface area contributed by atoms with E-state index in [1.165, 1.54) is 31.5 Å². The quantitative estimate of drug-likeness (QED) is 0.901. The lowest BCUT2D eigenvalue weighted by molar-refractivity contribution is 0.228. The maximum atomic E-state index is 13.0. The van der Waals surface area contributed by atoms with E-state index in [4.69, 9.17) is 0 Å². The van der Waals surface area contributed by atoms with Crippen molar-refractivity contribution in [1.29, 1.82) is 0 Å². The molecule has 1 aromatic carbocycles. The summed E-state index contributed by atoms with van der Waals surface area (Å²) in [6.45, 7) is 5.72. The van der Waals surface area contributed by atoms with Crippen LogP contribution in [-0.2, 0) is 0 Å². The van der Waals surface area contributed by atoms with Crippen LogP contribution in [-0.4, -0.2) is 30.6 Å². The third-order valence-corrected chi connectivity index (χ3v) is 4.71. The summed E-state index contributed by atoms with van der Waals surface area (Å²) >= 11 is 0. The van der Waals surface area contributed by atoms with Gasteiger partial charge in [0.1, 0.15) is 5.82 Å². The predicted molar refractivity (Wildman–Crippen MR) is 75.5 cm³/mol. The number of fused-ring (bicyclic) bond motifs is 1. The number of likely N-dealkylation sites (tertiary alicyclic amines) is 1. The summed E-state index contributed by atoms with van der Waals surface area (Å²) in [5.74, 6) is 0.665. The van der Waals surface area contributed by atoms with Crippen LogP contribution in [0.25, 0.3) is 0 Å². The summed E-state index contributed by atoms with van der Waals surface area (Å²) in [5, 5.41) is 3.65. The second-order valence-electron chi connectivity index (χ2n) is 5.89. The van der Waals surface area contributed by atoms with E-state index in [2.05, 4.69) is 17.1 Å². The van der Waals surface area contributed by atoms with E-state index in [1.807, 2.05) is 12.1 Å². The zero-order chi connectivity index (χ0) is 13.2. The van der Waals surface area contributed by atoms with Gasteiger partial charge in [0.2, 0.25) is 0 Å². The van der Waals surface area contributed by atoms with Crippen molar-refractivity contribution in [3.05, 3.63) is 35.6 Å². The summed E-state index contributed by atoms with van der Waals surface area (Å²) in [6, 6.07) is 8.16. The van der Waals surface area contributed by atoms with E-state index in [0.29, 0.717) is 12.1 Å². The molecule has 0 bridgehead atoms. The zero-order valence-corrected chi connectivity index (χ0v) is 11.6. The molecular formula is C16H23FN2. The standard InChI is InChI=1S/C16H23FN2/c1-2-16(12-5-7-14(17)8-6-12)19-10-13-4-3-9-18-15(13)11-19/h5-8,13,15-16,18H,2-4,9-11H2,1H3/t13-,15+,16?/m0/s1. The molecule has 2 heterocycles. The van der Waals surface area contributed by atoms with E-state index >= 15 is 0 Å². The predicted octanol–water partition coefficient (Wildman–Crippen LogP) is 2.96. The molecule has 2 aliphatic rings. The Labute approximate surface area is 115 Å². The zero-order valence-electron chi connectivity index (χ0n) is 11.6. The SMILES string of the molecule is CCC(c1ccc(F)cc1)N1C[C@@H]2CCCN[C@@H]2C1. The van der Waals surface area contributed by atoms with Gasteiger partial charge in [-0.25, -0.2) is 4.39 Å². The highest BCUT2D eigenvalue weighted by atomic mass is 19.1. The molecule has 3 rings (SSSR count). The number of rotatable bonds is 3. The molecule has 0 aromatic heterocycles. The monoisotopic (exact) mass is 262 g/mol. The Hall–Kier alpha value is -0.930. The molecule has 3 atom stereocenters. The molecule has 2 saturated heterocycles. The smallest absolute Gasteiger partial charge is 0.123 e. The molecule has 2 nitrogen and oxygen atoms in total. The number of piperidine rings is 1. The van der Waals surface area contributed by atoms with Gasteiger partial charge in [-0.1, -0.05) is 19.1 Å². The van der Waals surface area contributed by atoms with E-state index < -0.39 is 0 Å². The van der Waals surface area contributed by atoms with Crippen LogP contribution < -0.4 is 5.32 Å². The fourth-order valence-electron chi connectivity index (χ4n) is 3.72. The van der Waals surface area contributed by atoms with Gasteiger partial charge in [0.05, 0.1) is 0 Å². The van der Waals surface area contributed by atoms with Gasteiger partial charge in [-0.15, -0.1) is 0 Å². The Balaban J connectivity index is 1.74. The first-order valence-corrected chi connectivity index (χ1v) is 7.51. The molecule has 0 saturated carbocycles. The molecule has 0 radical (unpaired) electrons. The average molecular weight is 262 g/mol. The van der Waals surface area contributed by atoms with Gasteiger partial charge >= 0.3 is 0 Å². The minimum Gasteiger partial charge on any atom is -0.312 e. The van der Waals surface area contributed by atoms with Gasteiger partial charge in [-0.2, -0.15) is 0 Å². The third kappa shape index (κ3) is 2.67. The number of hydrogen-bond acceptors (Lipinski definition) is 2. The van der Waals surface area contributed by atoms with Gasteiger partial charge in [-0.05, 0) is 49.4 Å². The van der Waals surface area contributed by atoms with Gasteiger partial charge in [0, 0.05) is 25.2 Å². The Morgan fingerprint density at radius 1 is 1.32 bits per heavy atom. The normalized spacial score (nSPS) is 29.2. The van der Waals surface area contributed by atoms with Gasteiger partial charge in [0.25, 0.3) is 0 Å².